The zero-order chi connectivity index (χ0) is 18.9. The fourth-order valence-electron chi connectivity index (χ4n) is 2.05. The van der Waals surface area contributed by atoms with E-state index in [4.69, 9.17) is 11.0 Å². The van der Waals surface area contributed by atoms with Crippen LogP contribution in [0.5, 0.6) is 5.75 Å². The molecule has 0 amide bonds. The molecule has 0 aliphatic rings. The average molecular weight is 422 g/mol. The number of aromatic nitrogens is 1. The molecule has 0 unspecified atom stereocenters. The maximum absolute atomic E-state index is 14.0. The van der Waals surface area contributed by atoms with Crippen molar-refractivity contribution in [2.75, 3.05) is 12.8 Å². The Kier molecular flexibility index (Phi) is 4.94. The number of anilines is 1. The van der Waals surface area contributed by atoms with Crippen LogP contribution in [0.4, 0.5) is 23.2 Å². The second-order valence-corrected chi connectivity index (χ2v) is 5.39. The van der Waals surface area contributed by atoms with Gasteiger partial charge in [-0.1, -0.05) is 0 Å². The highest BCUT2D eigenvalue weighted by Gasteiger charge is 2.35. The van der Waals surface area contributed by atoms with Gasteiger partial charge in [0.25, 0.3) is 0 Å². The molecule has 0 saturated heterocycles. The Labute approximate surface area is 146 Å². The van der Waals surface area contributed by atoms with Crippen molar-refractivity contribution in [1.29, 1.82) is 5.26 Å². The van der Waals surface area contributed by atoms with Crippen molar-refractivity contribution >= 4 is 27.6 Å². The van der Waals surface area contributed by atoms with Crippen molar-refractivity contribution < 1.29 is 31.8 Å². The van der Waals surface area contributed by atoms with Gasteiger partial charge in [-0.25, -0.2) is 9.18 Å². The molecule has 2 N–H and O–H groups in total. The van der Waals surface area contributed by atoms with Gasteiger partial charge in [-0.05, 0) is 28.1 Å². The van der Waals surface area contributed by atoms with Crippen molar-refractivity contribution in [1.82, 2.24) is 4.57 Å². The number of esters is 1. The molecule has 0 bridgehead atoms. The van der Waals surface area contributed by atoms with Gasteiger partial charge in [0.15, 0.2) is 17.3 Å². The molecule has 2 rings (SSSR count). The second-order valence-electron chi connectivity index (χ2n) is 4.53. The average Bonchev–Trinajstić information content (AvgIpc) is 2.85. The third kappa shape index (κ3) is 3.53. The Morgan fingerprint density at radius 3 is 2.56 bits per heavy atom. The lowest BCUT2D eigenvalue weighted by Crippen LogP contribution is -2.20. The van der Waals surface area contributed by atoms with Crippen LogP contribution in [0.15, 0.2) is 22.8 Å². The summed E-state index contributed by atoms with van der Waals surface area (Å²) >= 11 is 2.98. The van der Waals surface area contributed by atoms with E-state index in [1.54, 1.807) is 6.07 Å². The molecule has 11 heteroatoms. The SMILES string of the molecule is COC(=O)c1c(N)c(C#N)cn1-c1c(Br)ccc(F)c1OC(F)(F)F. The highest BCUT2D eigenvalue weighted by Crippen LogP contribution is 2.39. The van der Waals surface area contributed by atoms with Gasteiger partial charge in [-0.2, -0.15) is 5.26 Å². The number of methoxy groups -OCH3 is 1. The van der Waals surface area contributed by atoms with Crippen molar-refractivity contribution in [3.05, 3.63) is 39.9 Å². The van der Waals surface area contributed by atoms with Crippen molar-refractivity contribution in [2.45, 2.75) is 6.36 Å². The molecule has 0 fully saturated rings. The number of rotatable bonds is 3. The Bertz CT molecular complexity index is 887. The van der Waals surface area contributed by atoms with Gasteiger partial charge in [0.2, 0.25) is 0 Å². The molecule has 1 heterocycles. The maximum Gasteiger partial charge on any atom is 0.573 e. The van der Waals surface area contributed by atoms with Gasteiger partial charge in [0.1, 0.15) is 11.8 Å². The number of ether oxygens (including phenoxy) is 2. The summed E-state index contributed by atoms with van der Waals surface area (Å²) in [6.07, 6.45) is -4.22. The molecule has 1 aromatic carbocycles. The molecular formula is C14H8BrF4N3O3. The predicted octanol–water partition coefficient (Wildman–Crippen LogP) is 3.52. The molecule has 0 aliphatic heterocycles. The lowest BCUT2D eigenvalue weighted by molar-refractivity contribution is -0.275. The summed E-state index contributed by atoms with van der Waals surface area (Å²) in [5.41, 5.74) is 4.18. The monoisotopic (exact) mass is 421 g/mol. The number of hydrogen-bond acceptors (Lipinski definition) is 5. The fraction of sp³-hybridized carbons (Fsp3) is 0.143. The van der Waals surface area contributed by atoms with Crippen molar-refractivity contribution in [3.63, 3.8) is 0 Å². The first-order valence-electron chi connectivity index (χ1n) is 6.34. The number of carbonyl (C=O) groups excluding carboxylic acids is 1. The van der Waals surface area contributed by atoms with Crippen LogP contribution in [-0.2, 0) is 4.74 Å². The van der Waals surface area contributed by atoms with Crippen molar-refractivity contribution in [3.8, 4) is 17.5 Å². The summed E-state index contributed by atoms with van der Waals surface area (Å²) in [6.45, 7) is 0. The minimum absolute atomic E-state index is 0.0437. The summed E-state index contributed by atoms with van der Waals surface area (Å²) in [5, 5.41) is 9.04. The molecule has 0 atom stereocenters. The Morgan fingerprint density at radius 1 is 1.40 bits per heavy atom. The van der Waals surface area contributed by atoms with E-state index >= 15 is 0 Å². The molecule has 6 nitrogen and oxygen atoms in total. The van der Waals surface area contributed by atoms with E-state index in [0.29, 0.717) is 0 Å². The van der Waals surface area contributed by atoms with Gasteiger partial charge >= 0.3 is 12.3 Å². The molecule has 0 saturated carbocycles. The Morgan fingerprint density at radius 2 is 2.04 bits per heavy atom. The fourth-order valence-corrected chi connectivity index (χ4v) is 2.55. The lowest BCUT2D eigenvalue weighted by Gasteiger charge is -2.17. The van der Waals surface area contributed by atoms with Crippen LogP contribution >= 0.6 is 15.9 Å². The smallest absolute Gasteiger partial charge is 0.464 e. The number of nitrogens with zero attached hydrogens (tertiary/aromatic N) is 2. The topological polar surface area (TPSA) is 90.3 Å². The highest BCUT2D eigenvalue weighted by atomic mass is 79.9. The molecule has 25 heavy (non-hydrogen) atoms. The van der Waals surface area contributed by atoms with Gasteiger partial charge in [0, 0.05) is 10.7 Å². The first kappa shape index (κ1) is 18.6. The van der Waals surface area contributed by atoms with E-state index in [9.17, 15) is 22.4 Å². The summed E-state index contributed by atoms with van der Waals surface area (Å²) in [4.78, 5) is 11.9. The minimum Gasteiger partial charge on any atom is -0.464 e. The quantitative estimate of drug-likeness (QED) is 0.604. The first-order chi connectivity index (χ1) is 11.6. The van der Waals surface area contributed by atoms with E-state index in [1.165, 1.54) is 0 Å². The summed E-state index contributed by atoms with van der Waals surface area (Å²) < 4.78 is 60.9. The highest BCUT2D eigenvalue weighted by molar-refractivity contribution is 9.10. The number of alkyl halides is 3. The van der Waals surface area contributed by atoms with E-state index < -0.39 is 35.3 Å². The van der Waals surface area contributed by atoms with Crippen LogP contribution in [0.25, 0.3) is 5.69 Å². The maximum atomic E-state index is 14.0. The molecule has 0 aliphatic carbocycles. The molecule has 1 aromatic heterocycles. The third-order valence-corrected chi connectivity index (χ3v) is 3.68. The molecule has 0 spiro atoms. The second kappa shape index (κ2) is 6.64. The van der Waals surface area contributed by atoms with Crippen LogP contribution in [0, 0.1) is 17.1 Å². The summed E-state index contributed by atoms with van der Waals surface area (Å²) in [6, 6.07) is 3.53. The number of halogens is 5. The standard InChI is InChI=1S/C14H8BrF4N3O3/c1-24-13(23)11-9(21)6(4-20)5-22(11)10-7(15)2-3-8(16)12(10)25-14(17,18)19/h2-3,5H,21H2,1H3. The van der Waals surface area contributed by atoms with Crippen LogP contribution in [0.1, 0.15) is 16.1 Å². The van der Waals surface area contributed by atoms with E-state index in [0.717, 1.165) is 30.0 Å². The number of nitrogen functional groups attached to an aromatic ring is 1. The number of nitrogens with two attached hydrogens (primary N) is 1. The van der Waals surface area contributed by atoms with Crippen LogP contribution < -0.4 is 10.5 Å². The molecule has 132 valence electrons. The first-order valence-corrected chi connectivity index (χ1v) is 7.13. The van der Waals surface area contributed by atoms with Gasteiger partial charge in [-0.15, -0.1) is 13.2 Å². The van der Waals surface area contributed by atoms with E-state index in [1.807, 2.05) is 0 Å². The normalized spacial score (nSPS) is 11.1. The third-order valence-electron chi connectivity index (χ3n) is 3.04. The number of benzene rings is 1. The van der Waals surface area contributed by atoms with E-state index in [-0.39, 0.29) is 15.7 Å². The van der Waals surface area contributed by atoms with Crippen molar-refractivity contribution in [2.24, 2.45) is 0 Å². The summed E-state index contributed by atoms with van der Waals surface area (Å²) in [5.74, 6) is -3.57. The van der Waals surface area contributed by atoms with Gasteiger partial charge in [0.05, 0.1) is 18.4 Å². The van der Waals surface area contributed by atoms with Gasteiger partial charge < -0.3 is 19.8 Å². The zero-order valence-corrected chi connectivity index (χ0v) is 13.9. The molecule has 0 radical (unpaired) electrons. The van der Waals surface area contributed by atoms with E-state index in [2.05, 4.69) is 25.4 Å². The van der Waals surface area contributed by atoms with Crippen LogP contribution in [-0.4, -0.2) is 24.0 Å². The Balaban J connectivity index is 2.86. The number of hydrogen-bond donors (Lipinski definition) is 1. The number of nitriles is 1. The Hall–Kier alpha value is -2.74. The summed E-state index contributed by atoms with van der Waals surface area (Å²) in [7, 11) is 1.01. The zero-order valence-electron chi connectivity index (χ0n) is 12.3. The lowest BCUT2D eigenvalue weighted by atomic mass is 10.2. The molecule has 2 aromatic rings. The van der Waals surface area contributed by atoms with Crippen LogP contribution in [0.3, 0.4) is 0 Å². The predicted molar refractivity (Wildman–Crippen MR) is 80.6 cm³/mol. The molecular weight excluding hydrogens is 414 g/mol. The minimum atomic E-state index is -5.20. The van der Waals surface area contributed by atoms with Crippen LogP contribution in [0.2, 0.25) is 0 Å². The van der Waals surface area contributed by atoms with Gasteiger partial charge in [-0.3, -0.25) is 0 Å². The largest absolute Gasteiger partial charge is 0.573 e. The number of carbonyl (C=O) groups is 1.